The third-order valence-electron chi connectivity index (χ3n) is 4.24. The fraction of sp³-hybridized carbons (Fsp3) is 0.438. The average molecular weight is 291 g/mol. The molecule has 1 spiro atoms. The molecule has 4 heteroatoms. The largest absolute Gasteiger partial charge is 0.337 e. The molecule has 1 saturated heterocycles. The number of rotatable bonds is 0. The summed E-state index contributed by atoms with van der Waals surface area (Å²) in [4.78, 5) is 14.8. The summed E-state index contributed by atoms with van der Waals surface area (Å²) in [5.41, 5.74) is 1.64. The first-order chi connectivity index (χ1) is 9.27. The van der Waals surface area contributed by atoms with Crippen LogP contribution in [0.5, 0.6) is 0 Å². The fourth-order valence-electron chi connectivity index (χ4n) is 3.66. The summed E-state index contributed by atoms with van der Waals surface area (Å²) in [6.45, 7) is 10.3. The second-order valence-electron chi connectivity index (χ2n) is 6.66. The van der Waals surface area contributed by atoms with Crippen molar-refractivity contribution in [2.24, 2.45) is 0 Å². The highest BCUT2D eigenvalue weighted by atomic mass is 35.5. The summed E-state index contributed by atoms with van der Waals surface area (Å²) in [5.74, 6) is 0.521. The number of carbonyl (C=O) groups excluding carboxylic acids is 1. The summed E-state index contributed by atoms with van der Waals surface area (Å²) in [6, 6.07) is 8.23. The van der Waals surface area contributed by atoms with Crippen LogP contribution in [0.1, 0.15) is 31.9 Å². The van der Waals surface area contributed by atoms with Crippen molar-refractivity contribution in [3.63, 3.8) is 0 Å². The molecule has 1 aliphatic carbocycles. The number of hydrogen-bond acceptors (Lipinski definition) is 2. The minimum absolute atomic E-state index is 0.0599. The van der Waals surface area contributed by atoms with Crippen LogP contribution in [0.2, 0.25) is 0 Å². The Morgan fingerprint density at radius 2 is 1.70 bits per heavy atom. The Kier molecular flexibility index (Phi) is 2.71. The number of benzene rings is 1. The van der Waals surface area contributed by atoms with Crippen molar-refractivity contribution in [2.75, 3.05) is 0 Å². The lowest BCUT2D eigenvalue weighted by atomic mass is 9.89. The minimum atomic E-state index is -0.610. The van der Waals surface area contributed by atoms with Crippen molar-refractivity contribution in [3.8, 4) is 0 Å². The van der Waals surface area contributed by atoms with Gasteiger partial charge in [-0.25, -0.2) is 4.42 Å². The zero-order valence-electron chi connectivity index (χ0n) is 12.1. The van der Waals surface area contributed by atoms with Gasteiger partial charge >= 0.3 is 0 Å². The van der Waals surface area contributed by atoms with Gasteiger partial charge in [-0.3, -0.25) is 4.79 Å². The van der Waals surface area contributed by atoms with Crippen molar-refractivity contribution >= 4 is 17.7 Å². The van der Waals surface area contributed by atoms with Crippen LogP contribution in [0, 0.1) is 0 Å². The van der Waals surface area contributed by atoms with Crippen LogP contribution < -0.4 is 0 Å². The van der Waals surface area contributed by atoms with E-state index < -0.39 is 5.54 Å². The second kappa shape index (κ2) is 4.01. The highest BCUT2D eigenvalue weighted by Crippen LogP contribution is 2.47. The molecule has 0 unspecified atom stereocenters. The van der Waals surface area contributed by atoms with Gasteiger partial charge in [0.25, 0.3) is 5.91 Å². The molecular formula is C16H19ClN2O. The van der Waals surface area contributed by atoms with Gasteiger partial charge in [-0.15, -0.1) is 0 Å². The van der Waals surface area contributed by atoms with Crippen LogP contribution in [0.25, 0.3) is 0 Å². The lowest BCUT2D eigenvalue weighted by Gasteiger charge is -2.43. The van der Waals surface area contributed by atoms with E-state index in [2.05, 4.69) is 44.4 Å². The van der Waals surface area contributed by atoms with Crippen LogP contribution in [-0.4, -0.2) is 26.3 Å². The number of amides is 1. The second-order valence-corrected chi connectivity index (χ2v) is 7.00. The number of hydrogen-bond donors (Lipinski definition) is 0. The highest BCUT2D eigenvalue weighted by Gasteiger charge is 2.59. The fourth-order valence-corrected chi connectivity index (χ4v) is 3.90. The predicted molar refractivity (Wildman–Crippen MR) is 80.0 cm³/mol. The summed E-state index contributed by atoms with van der Waals surface area (Å²) in [7, 11) is 0. The van der Waals surface area contributed by atoms with Crippen LogP contribution in [0.4, 0.5) is 0 Å². The van der Waals surface area contributed by atoms with Gasteiger partial charge in [-0.1, -0.05) is 30.8 Å². The minimum Gasteiger partial charge on any atom is -0.337 e. The molecule has 0 bridgehead atoms. The van der Waals surface area contributed by atoms with Gasteiger partial charge < -0.3 is 4.90 Å². The lowest BCUT2D eigenvalue weighted by molar-refractivity contribution is -0.131. The predicted octanol–water partition coefficient (Wildman–Crippen LogP) is 3.09. The molecule has 0 radical (unpaired) electrons. The normalized spacial score (nSPS) is 21.0. The maximum absolute atomic E-state index is 12.8. The van der Waals surface area contributed by atoms with Crippen molar-refractivity contribution in [1.29, 1.82) is 0 Å². The van der Waals surface area contributed by atoms with E-state index in [4.69, 9.17) is 11.8 Å². The first-order valence-electron chi connectivity index (χ1n) is 6.84. The third kappa shape index (κ3) is 1.62. The number of nitrogens with zero attached hydrogens (tertiary/aromatic N) is 2. The van der Waals surface area contributed by atoms with Crippen molar-refractivity contribution in [3.05, 3.63) is 47.8 Å². The Hall–Kier alpha value is -1.48. The Morgan fingerprint density at radius 3 is 2.15 bits per heavy atom. The van der Waals surface area contributed by atoms with Gasteiger partial charge in [0.1, 0.15) is 11.4 Å². The SMILES string of the molecule is C=C1N(Cl)C(=O)C2(Cc3ccccc3C2)N1C(C)(C)C. The Balaban J connectivity index is 2.12. The van der Waals surface area contributed by atoms with Gasteiger partial charge in [0.2, 0.25) is 0 Å². The van der Waals surface area contributed by atoms with Crippen LogP contribution in [0.3, 0.4) is 0 Å². The maximum atomic E-state index is 12.8. The van der Waals surface area contributed by atoms with E-state index in [9.17, 15) is 4.79 Å². The molecule has 1 heterocycles. The summed E-state index contributed by atoms with van der Waals surface area (Å²) < 4.78 is 1.19. The van der Waals surface area contributed by atoms with Crippen molar-refractivity contribution in [2.45, 2.75) is 44.7 Å². The molecule has 1 aliphatic heterocycles. The Morgan fingerprint density at radius 1 is 1.20 bits per heavy atom. The van der Waals surface area contributed by atoms with Gasteiger partial charge in [-0.2, -0.15) is 0 Å². The highest BCUT2D eigenvalue weighted by molar-refractivity contribution is 6.25. The summed E-state index contributed by atoms with van der Waals surface area (Å²) >= 11 is 6.17. The molecular weight excluding hydrogens is 272 g/mol. The molecule has 1 amide bonds. The van der Waals surface area contributed by atoms with E-state index in [1.165, 1.54) is 15.5 Å². The van der Waals surface area contributed by atoms with Gasteiger partial charge in [-0.05, 0) is 31.9 Å². The molecule has 1 aromatic carbocycles. The van der Waals surface area contributed by atoms with E-state index in [1.54, 1.807) is 0 Å². The molecule has 0 N–H and O–H groups in total. The molecule has 0 atom stereocenters. The number of carbonyl (C=O) groups is 1. The number of fused-ring (bicyclic) bond motifs is 1. The molecule has 0 aromatic heterocycles. The zero-order chi connectivity index (χ0) is 14.7. The van der Waals surface area contributed by atoms with Crippen LogP contribution >= 0.6 is 11.8 Å². The van der Waals surface area contributed by atoms with E-state index in [0.29, 0.717) is 18.7 Å². The van der Waals surface area contributed by atoms with Crippen LogP contribution in [-0.2, 0) is 17.6 Å². The molecule has 3 rings (SSSR count). The molecule has 20 heavy (non-hydrogen) atoms. The summed E-state index contributed by atoms with van der Waals surface area (Å²) in [6.07, 6.45) is 1.39. The average Bonchev–Trinajstić information content (AvgIpc) is 2.81. The zero-order valence-corrected chi connectivity index (χ0v) is 12.9. The van der Waals surface area contributed by atoms with Gasteiger partial charge in [0.15, 0.2) is 0 Å². The molecule has 106 valence electrons. The first-order valence-corrected chi connectivity index (χ1v) is 7.17. The first kappa shape index (κ1) is 13.5. The third-order valence-corrected chi connectivity index (χ3v) is 4.59. The lowest BCUT2D eigenvalue weighted by Crippen LogP contribution is -2.56. The standard InChI is InChI=1S/C16H19ClN2O/c1-11-18(17)14(20)16(19(11)15(2,3)4)9-12-7-5-6-8-13(12)10-16/h5-8H,1,9-10H2,2-4H3. The van der Waals surface area contributed by atoms with Crippen LogP contribution in [0.15, 0.2) is 36.7 Å². The van der Waals surface area contributed by atoms with Gasteiger partial charge in [0, 0.05) is 30.2 Å². The molecule has 3 nitrogen and oxygen atoms in total. The molecule has 1 aromatic rings. The number of halogens is 1. The van der Waals surface area contributed by atoms with Crippen molar-refractivity contribution < 1.29 is 4.79 Å². The quantitative estimate of drug-likeness (QED) is 0.686. The van der Waals surface area contributed by atoms with E-state index in [-0.39, 0.29) is 11.4 Å². The smallest absolute Gasteiger partial charge is 0.269 e. The Bertz CT molecular complexity index is 578. The molecule has 2 aliphatic rings. The molecule has 0 saturated carbocycles. The van der Waals surface area contributed by atoms with Crippen molar-refractivity contribution in [1.82, 2.24) is 9.32 Å². The maximum Gasteiger partial charge on any atom is 0.269 e. The Labute approximate surface area is 124 Å². The monoisotopic (exact) mass is 290 g/mol. The van der Waals surface area contributed by atoms with E-state index in [0.717, 1.165) is 0 Å². The van der Waals surface area contributed by atoms with E-state index >= 15 is 0 Å². The van der Waals surface area contributed by atoms with Gasteiger partial charge in [0.05, 0.1) is 0 Å². The topological polar surface area (TPSA) is 23.6 Å². The van der Waals surface area contributed by atoms with E-state index in [1.807, 2.05) is 12.1 Å². The molecule has 1 fully saturated rings. The summed E-state index contributed by atoms with van der Waals surface area (Å²) in [5, 5.41) is 0.